The number of rotatable bonds is 4. The molecule has 0 radical (unpaired) electrons. The van der Waals surface area contributed by atoms with Gasteiger partial charge in [-0.1, -0.05) is 24.3 Å². The molecule has 1 rings (SSSR count). The van der Waals surface area contributed by atoms with Crippen molar-refractivity contribution in [1.29, 1.82) is 0 Å². The molecule has 0 saturated heterocycles. The minimum atomic E-state index is 0.286. The van der Waals surface area contributed by atoms with Gasteiger partial charge in [-0.05, 0) is 38.6 Å². The Bertz CT molecular complexity index is 346. The molecule has 1 unspecified atom stereocenters. The molecule has 0 bridgehead atoms. The largest absolute Gasteiger partial charge is 0.508 e. The van der Waals surface area contributed by atoms with Crippen molar-refractivity contribution in [3.05, 3.63) is 42.0 Å². The zero-order valence-corrected chi connectivity index (χ0v) is 9.70. The van der Waals surface area contributed by atoms with Gasteiger partial charge in [-0.25, -0.2) is 0 Å². The second-order valence-corrected chi connectivity index (χ2v) is 4.14. The number of phenolic OH excluding ortho intramolecular Hbond substituents is 1. The standard InChI is InChI=1S/C13H19NO/c1-10(2)9-14(4)11(3)12-6-5-7-13(15)8-12/h5-8,11,15H,1,9H2,2-4H3. The van der Waals surface area contributed by atoms with Crippen LogP contribution in [0.2, 0.25) is 0 Å². The van der Waals surface area contributed by atoms with Crippen molar-refractivity contribution < 1.29 is 5.11 Å². The number of benzene rings is 1. The lowest BCUT2D eigenvalue weighted by atomic mass is 10.1. The molecule has 0 spiro atoms. The summed E-state index contributed by atoms with van der Waals surface area (Å²) in [5, 5.41) is 9.39. The number of hydrogen-bond donors (Lipinski definition) is 1. The van der Waals surface area contributed by atoms with E-state index in [4.69, 9.17) is 0 Å². The fraction of sp³-hybridized carbons (Fsp3) is 0.385. The summed E-state index contributed by atoms with van der Waals surface area (Å²) in [6.45, 7) is 8.91. The van der Waals surface area contributed by atoms with E-state index < -0.39 is 0 Å². The number of nitrogens with zero attached hydrogens (tertiary/aromatic N) is 1. The number of phenols is 1. The van der Waals surface area contributed by atoms with Gasteiger partial charge in [-0.3, -0.25) is 4.90 Å². The van der Waals surface area contributed by atoms with Gasteiger partial charge in [-0.2, -0.15) is 0 Å². The van der Waals surface area contributed by atoms with Crippen LogP contribution in [0.15, 0.2) is 36.4 Å². The molecule has 0 saturated carbocycles. The van der Waals surface area contributed by atoms with Crippen molar-refractivity contribution in [2.24, 2.45) is 0 Å². The highest BCUT2D eigenvalue weighted by Crippen LogP contribution is 2.22. The Morgan fingerprint density at radius 1 is 1.53 bits per heavy atom. The average Bonchev–Trinajstić information content (AvgIpc) is 2.15. The summed E-state index contributed by atoms with van der Waals surface area (Å²) in [6, 6.07) is 7.68. The van der Waals surface area contributed by atoms with Crippen LogP contribution in [-0.2, 0) is 0 Å². The predicted molar refractivity (Wildman–Crippen MR) is 64.0 cm³/mol. The minimum absolute atomic E-state index is 0.286. The maximum Gasteiger partial charge on any atom is 0.115 e. The van der Waals surface area contributed by atoms with Gasteiger partial charge in [0, 0.05) is 12.6 Å². The zero-order chi connectivity index (χ0) is 11.4. The normalized spacial score (nSPS) is 12.8. The number of hydrogen-bond acceptors (Lipinski definition) is 2. The van der Waals surface area contributed by atoms with Crippen molar-refractivity contribution in [1.82, 2.24) is 4.90 Å². The van der Waals surface area contributed by atoms with E-state index in [-0.39, 0.29) is 6.04 Å². The lowest BCUT2D eigenvalue weighted by molar-refractivity contribution is 0.283. The number of aromatic hydroxyl groups is 1. The van der Waals surface area contributed by atoms with Crippen molar-refractivity contribution in [2.75, 3.05) is 13.6 Å². The molecule has 0 aliphatic heterocycles. The average molecular weight is 205 g/mol. The molecule has 2 heteroatoms. The Labute approximate surface area is 91.9 Å². The first-order valence-corrected chi connectivity index (χ1v) is 5.14. The summed E-state index contributed by atoms with van der Waals surface area (Å²) >= 11 is 0. The highest BCUT2D eigenvalue weighted by Gasteiger charge is 2.11. The van der Waals surface area contributed by atoms with Crippen LogP contribution < -0.4 is 0 Å². The molecular weight excluding hydrogens is 186 g/mol. The van der Waals surface area contributed by atoms with Gasteiger partial charge in [0.05, 0.1) is 0 Å². The van der Waals surface area contributed by atoms with E-state index in [1.54, 1.807) is 12.1 Å². The molecule has 0 aliphatic carbocycles. The third-order valence-electron chi connectivity index (χ3n) is 2.53. The first kappa shape index (κ1) is 11.8. The predicted octanol–water partition coefficient (Wildman–Crippen LogP) is 2.96. The zero-order valence-electron chi connectivity index (χ0n) is 9.70. The molecule has 2 nitrogen and oxygen atoms in total. The molecule has 82 valence electrons. The topological polar surface area (TPSA) is 23.5 Å². The molecule has 1 N–H and O–H groups in total. The maximum atomic E-state index is 9.39. The van der Waals surface area contributed by atoms with E-state index >= 15 is 0 Å². The first-order chi connectivity index (χ1) is 7.00. The van der Waals surface area contributed by atoms with Gasteiger partial charge in [-0.15, -0.1) is 0 Å². The van der Waals surface area contributed by atoms with Crippen molar-refractivity contribution in [2.45, 2.75) is 19.9 Å². The first-order valence-electron chi connectivity index (χ1n) is 5.14. The molecule has 0 aromatic heterocycles. The van der Waals surface area contributed by atoms with Crippen LogP contribution in [0.3, 0.4) is 0 Å². The third kappa shape index (κ3) is 3.40. The Morgan fingerprint density at radius 3 is 2.73 bits per heavy atom. The van der Waals surface area contributed by atoms with Crippen molar-refractivity contribution in [3.63, 3.8) is 0 Å². The van der Waals surface area contributed by atoms with E-state index in [0.29, 0.717) is 5.75 Å². The van der Waals surface area contributed by atoms with Crippen LogP contribution in [-0.4, -0.2) is 23.6 Å². The fourth-order valence-corrected chi connectivity index (χ4v) is 1.60. The molecule has 0 heterocycles. The van der Waals surface area contributed by atoms with Gasteiger partial charge in [0.1, 0.15) is 5.75 Å². The summed E-state index contributed by atoms with van der Waals surface area (Å²) in [5.74, 6) is 0.322. The van der Waals surface area contributed by atoms with Gasteiger partial charge in [0.25, 0.3) is 0 Å². The summed E-state index contributed by atoms with van der Waals surface area (Å²) in [6.07, 6.45) is 0. The quantitative estimate of drug-likeness (QED) is 0.764. The molecule has 0 amide bonds. The maximum absolute atomic E-state index is 9.39. The van der Waals surface area contributed by atoms with E-state index in [2.05, 4.69) is 25.5 Å². The SMILES string of the molecule is C=C(C)CN(C)C(C)c1cccc(O)c1. The Balaban J connectivity index is 2.75. The lowest BCUT2D eigenvalue weighted by Crippen LogP contribution is -2.23. The van der Waals surface area contributed by atoms with Crippen LogP contribution in [0.25, 0.3) is 0 Å². The molecule has 1 atom stereocenters. The third-order valence-corrected chi connectivity index (χ3v) is 2.53. The molecule has 0 aliphatic rings. The van der Waals surface area contributed by atoms with Gasteiger partial charge in [0.2, 0.25) is 0 Å². The highest BCUT2D eigenvalue weighted by atomic mass is 16.3. The fourth-order valence-electron chi connectivity index (χ4n) is 1.60. The molecule has 15 heavy (non-hydrogen) atoms. The Hall–Kier alpha value is -1.28. The van der Waals surface area contributed by atoms with Gasteiger partial charge >= 0.3 is 0 Å². The lowest BCUT2D eigenvalue weighted by Gasteiger charge is -2.25. The van der Waals surface area contributed by atoms with E-state index in [9.17, 15) is 5.11 Å². The summed E-state index contributed by atoms with van der Waals surface area (Å²) < 4.78 is 0. The van der Waals surface area contributed by atoms with Gasteiger partial charge in [0.15, 0.2) is 0 Å². The summed E-state index contributed by atoms with van der Waals surface area (Å²) in [4.78, 5) is 2.21. The van der Waals surface area contributed by atoms with Crippen LogP contribution >= 0.6 is 0 Å². The van der Waals surface area contributed by atoms with E-state index in [1.165, 1.54) is 0 Å². The van der Waals surface area contributed by atoms with Gasteiger partial charge < -0.3 is 5.11 Å². The molecule has 0 fully saturated rings. The summed E-state index contributed by atoms with van der Waals surface area (Å²) in [7, 11) is 2.06. The van der Waals surface area contributed by atoms with Crippen molar-refractivity contribution >= 4 is 0 Å². The van der Waals surface area contributed by atoms with Crippen LogP contribution in [0, 0.1) is 0 Å². The van der Waals surface area contributed by atoms with E-state index in [0.717, 1.165) is 17.7 Å². The second kappa shape index (κ2) is 4.99. The van der Waals surface area contributed by atoms with Crippen LogP contribution in [0.4, 0.5) is 0 Å². The van der Waals surface area contributed by atoms with Crippen LogP contribution in [0.1, 0.15) is 25.5 Å². The summed E-state index contributed by atoms with van der Waals surface area (Å²) in [5.41, 5.74) is 2.27. The minimum Gasteiger partial charge on any atom is -0.508 e. The molecular formula is C13H19NO. The van der Waals surface area contributed by atoms with E-state index in [1.807, 2.05) is 19.1 Å². The Morgan fingerprint density at radius 2 is 2.20 bits per heavy atom. The Kier molecular flexibility index (Phi) is 3.92. The molecule has 1 aromatic rings. The number of likely N-dealkylation sites (N-methyl/N-ethyl adjacent to an activating group) is 1. The van der Waals surface area contributed by atoms with Crippen molar-refractivity contribution in [3.8, 4) is 5.75 Å². The smallest absolute Gasteiger partial charge is 0.115 e. The van der Waals surface area contributed by atoms with Crippen LogP contribution in [0.5, 0.6) is 5.75 Å². The molecule has 1 aromatic carbocycles. The second-order valence-electron chi connectivity index (χ2n) is 4.14. The monoisotopic (exact) mass is 205 g/mol. The highest BCUT2D eigenvalue weighted by molar-refractivity contribution is 5.29.